The average Bonchev–Trinajstić information content (AvgIpc) is 3.43. The summed E-state index contributed by atoms with van der Waals surface area (Å²) in [4.78, 5) is 7.77. The first-order valence-electron chi connectivity index (χ1n) is 10.7. The van der Waals surface area contributed by atoms with Crippen LogP contribution in [-0.4, -0.2) is 59.9 Å². The van der Waals surface area contributed by atoms with E-state index in [0.717, 1.165) is 77.9 Å². The standard InChI is InChI=1S/C23H29N7O2/c1-24-23(26-11-9-22-29-28-21-8-4-5-12-30(21)22)25-10-6-7-16-13-18-19(27-16)14-17(31-2)15-20(18)32-3/h4-5,8,12-15,27H,6-7,9-11H2,1-3H3,(H2,24,25,26). The van der Waals surface area contributed by atoms with Crippen molar-refractivity contribution in [3.05, 3.63) is 54.1 Å². The number of rotatable bonds is 9. The van der Waals surface area contributed by atoms with Crippen LogP contribution in [0, 0.1) is 0 Å². The molecule has 4 rings (SSSR count). The molecule has 1 aromatic carbocycles. The Hall–Kier alpha value is -3.75. The number of nitrogens with one attached hydrogen (secondary N) is 3. The molecule has 0 aliphatic carbocycles. The van der Waals surface area contributed by atoms with Gasteiger partial charge in [0.15, 0.2) is 11.6 Å². The minimum Gasteiger partial charge on any atom is -0.497 e. The summed E-state index contributed by atoms with van der Waals surface area (Å²) in [5, 5.41) is 16.2. The highest BCUT2D eigenvalue weighted by Gasteiger charge is 2.09. The first kappa shape index (κ1) is 21.5. The van der Waals surface area contributed by atoms with Crippen molar-refractivity contribution in [2.75, 3.05) is 34.4 Å². The van der Waals surface area contributed by atoms with Crippen LogP contribution in [0.5, 0.6) is 11.5 Å². The van der Waals surface area contributed by atoms with Crippen LogP contribution in [0.2, 0.25) is 0 Å². The lowest BCUT2D eigenvalue weighted by Gasteiger charge is -2.11. The van der Waals surface area contributed by atoms with Crippen molar-refractivity contribution in [1.29, 1.82) is 0 Å². The molecule has 9 heteroatoms. The van der Waals surface area contributed by atoms with Crippen LogP contribution in [0.1, 0.15) is 17.9 Å². The van der Waals surface area contributed by atoms with Gasteiger partial charge >= 0.3 is 0 Å². The zero-order valence-electron chi connectivity index (χ0n) is 18.7. The summed E-state index contributed by atoms with van der Waals surface area (Å²) in [6.45, 7) is 1.53. The number of aromatic amines is 1. The molecule has 3 N–H and O–H groups in total. The van der Waals surface area contributed by atoms with Gasteiger partial charge in [-0.3, -0.25) is 9.39 Å². The average molecular weight is 436 g/mol. The van der Waals surface area contributed by atoms with Crippen molar-refractivity contribution >= 4 is 22.5 Å². The van der Waals surface area contributed by atoms with Gasteiger partial charge in [-0.2, -0.15) is 0 Å². The molecule has 9 nitrogen and oxygen atoms in total. The molecular formula is C23H29N7O2. The van der Waals surface area contributed by atoms with E-state index in [2.05, 4.69) is 36.9 Å². The molecule has 0 aliphatic rings. The number of aromatic nitrogens is 4. The molecule has 0 amide bonds. The number of pyridine rings is 1. The highest BCUT2D eigenvalue weighted by Crippen LogP contribution is 2.31. The van der Waals surface area contributed by atoms with Crippen molar-refractivity contribution in [3.8, 4) is 11.5 Å². The van der Waals surface area contributed by atoms with E-state index in [1.807, 2.05) is 40.9 Å². The van der Waals surface area contributed by atoms with Crippen molar-refractivity contribution in [1.82, 2.24) is 30.2 Å². The highest BCUT2D eigenvalue weighted by molar-refractivity contribution is 5.88. The number of nitrogens with zero attached hydrogens (tertiary/aromatic N) is 4. The number of benzene rings is 1. The number of aryl methyl sites for hydroxylation is 1. The summed E-state index contributed by atoms with van der Waals surface area (Å²) in [6.07, 6.45) is 4.61. The second-order valence-corrected chi connectivity index (χ2v) is 7.41. The van der Waals surface area contributed by atoms with Gasteiger partial charge in [-0.05, 0) is 31.0 Å². The predicted octanol–water partition coefficient (Wildman–Crippen LogP) is 2.57. The van der Waals surface area contributed by atoms with Gasteiger partial charge in [-0.25, -0.2) is 0 Å². The maximum Gasteiger partial charge on any atom is 0.190 e. The zero-order valence-corrected chi connectivity index (χ0v) is 18.7. The Balaban J connectivity index is 1.24. The van der Waals surface area contributed by atoms with Gasteiger partial charge in [0.1, 0.15) is 17.3 Å². The van der Waals surface area contributed by atoms with Crippen LogP contribution in [0.4, 0.5) is 0 Å². The van der Waals surface area contributed by atoms with Crippen molar-refractivity contribution in [2.24, 2.45) is 4.99 Å². The normalized spacial score (nSPS) is 11.8. The first-order valence-corrected chi connectivity index (χ1v) is 10.7. The molecule has 0 fully saturated rings. The fraction of sp³-hybridized carbons (Fsp3) is 0.348. The summed E-state index contributed by atoms with van der Waals surface area (Å²) < 4.78 is 12.8. The molecule has 168 valence electrons. The summed E-state index contributed by atoms with van der Waals surface area (Å²) in [7, 11) is 5.11. The van der Waals surface area contributed by atoms with Gasteiger partial charge < -0.3 is 25.1 Å². The Morgan fingerprint density at radius 2 is 1.94 bits per heavy atom. The zero-order chi connectivity index (χ0) is 22.3. The Kier molecular flexibility index (Phi) is 6.74. The number of fused-ring (bicyclic) bond motifs is 2. The van der Waals surface area contributed by atoms with Gasteiger partial charge in [-0.1, -0.05) is 6.07 Å². The Morgan fingerprint density at radius 1 is 1.06 bits per heavy atom. The SMILES string of the molecule is CN=C(NCCCc1cc2c(OC)cc(OC)cc2[nH]1)NCCc1nnc2ccccn12. The van der Waals surface area contributed by atoms with Crippen LogP contribution in [0.15, 0.2) is 47.6 Å². The minimum atomic E-state index is 0.721. The van der Waals surface area contributed by atoms with Crippen LogP contribution >= 0.6 is 0 Å². The van der Waals surface area contributed by atoms with Crippen LogP contribution in [0.3, 0.4) is 0 Å². The van der Waals surface area contributed by atoms with Gasteiger partial charge in [0.2, 0.25) is 0 Å². The lowest BCUT2D eigenvalue weighted by molar-refractivity contribution is 0.398. The number of hydrogen-bond donors (Lipinski definition) is 3. The van der Waals surface area contributed by atoms with Crippen molar-refractivity contribution in [2.45, 2.75) is 19.3 Å². The minimum absolute atomic E-state index is 0.721. The Morgan fingerprint density at radius 3 is 2.75 bits per heavy atom. The first-order chi connectivity index (χ1) is 15.7. The lowest BCUT2D eigenvalue weighted by Crippen LogP contribution is -2.39. The summed E-state index contributed by atoms with van der Waals surface area (Å²) in [5.74, 6) is 3.29. The van der Waals surface area contributed by atoms with E-state index < -0.39 is 0 Å². The summed E-state index contributed by atoms with van der Waals surface area (Å²) >= 11 is 0. The van der Waals surface area contributed by atoms with Crippen LogP contribution < -0.4 is 20.1 Å². The van der Waals surface area contributed by atoms with Gasteiger partial charge in [0.05, 0.1) is 19.7 Å². The molecule has 3 aromatic heterocycles. The highest BCUT2D eigenvalue weighted by atomic mass is 16.5. The third-order valence-electron chi connectivity index (χ3n) is 5.35. The number of ether oxygens (including phenoxy) is 2. The topological polar surface area (TPSA) is 101 Å². The van der Waals surface area contributed by atoms with E-state index >= 15 is 0 Å². The lowest BCUT2D eigenvalue weighted by atomic mass is 10.2. The monoisotopic (exact) mass is 435 g/mol. The third kappa shape index (κ3) is 4.77. The number of methoxy groups -OCH3 is 2. The molecule has 3 heterocycles. The van der Waals surface area contributed by atoms with Gasteiger partial charge in [0, 0.05) is 56.0 Å². The fourth-order valence-electron chi connectivity index (χ4n) is 3.72. The maximum atomic E-state index is 5.50. The van der Waals surface area contributed by atoms with Gasteiger partial charge in [0.25, 0.3) is 0 Å². The molecule has 0 radical (unpaired) electrons. The summed E-state index contributed by atoms with van der Waals surface area (Å²) in [5.41, 5.74) is 3.04. The molecule has 0 atom stereocenters. The van der Waals surface area contributed by atoms with E-state index in [9.17, 15) is 0 Å². The Bertz CT molecular complexity index is 1210. The molecule has 4 aromatic rings. The molecule has 32 heavy (non-hydrogen) atoms. The van der Waals surface area contributed by atoms with Crippen molar-refractivity contribution in [3.63, 3.8) is 0 Å². The molecule has 0 aliphatic heterocycles. The number of guanidine groups is 1. The smallest absolute Gasteiger partial charge is 0.190 e. The quantitative estimate of drug-likeness (QED) is 0.212. The molecule has 0 unspecified atom stereocenters. The number of hydrogen-bond acceptors (Lipinski definition) is 5. The summed E-state index contributed by atoms with van der Waals surface area (Å²) in [6, 6.07) is 11.9. The molecule has 0 saturated heterocycles. The van der Waals surface area contributed by atoms with Crippen LogP contribution in [-0.2, 0) is 12.8 Å². The second-order valence-electron chi connectivity index (χ2n) is 7.41. The molecule has 0 spiro atoms. The fourth-order valence-corrected chi connectivity index (χ4v) is 3.72. The van der Waals surface area contributed by atoms with E-state index in [0.29, 0.717) is 0 Å². The van der Waals surface area contributed by atoms with Gasteiger partial charge in [-0.15, -0.1) is 10.2 Å². The maximum absolute atomic E-state index is 5.50. The van der Waals surface area contributed by atoms with Crippen LogP contribution in [0.25, 0.3) is 16.6 Å². The molecule has 0 saturated carbocycles. The van der Waals surface area contributed by atoms with E-state index in [1.165, 1.54) is 0 Å². The van der Waals surface area contributed by atoms with E-state index in [1.54, 1.807) is 21.3 Å². The second kappa shape index (κ2) is 10.0. The number of H-pyrrole nitrogens is 1. The molecule has 0 bridgehead atoms. The third-order valence-corrected chi connectivity index (χ3v) is 5.35. The van der Waals surface area contributed by atoms with E-state index in [4.69, 9.17) is 9.47 Å². The number of aliphatic imine (C=N–C) groups is 1. The predicted molar refractivity (Wildman–Crippen MR) is 126 cm³/mol. The largest absolute Gasteiger partial charge is 0.497 e. The van der Waals surface area contributed by atoms with Crippen molar-refractivity contribution < 1.29 is 9.47 Å². The Labute approximate surface area is 186 Å². The molecular weight excluding hydrogens is 406 g/mol. The van der Waals surface area contributed by atoms with E-state index in [-0.39, 0.29) is 0 Å².